The van der Waals surface area contributed by atoms with Crippen molar-refractivity contribution in [2.45, 2.75) is 43.7 Å². The predicted molar refractivity (Wildman–Crippen MR) is 140 cm³/mol. The lowest BCUT2D eigenvalue weighted by Gasteiger charge is -2.38. The first-order chi connectivity index (χ1) is 17.1. The number of sulfonamides is 1. The minimum Gasteiger partial charge on any atom is -0.486 e. The zero-order chi connectivity index (χ0) is 26.0. The molecule has 0 unspecified atom stereocenters. The summed E-state index contributed by atoms with van der Waals surface area (Å²) < 4.78 is 35.4. The average Bonchev–Trinajstić information content (AvgIpc) is 3.65. The van der Waals surface area contributed by atoms with E-state index < -0.39 is 16.1 Å². The van der Waals surface area contributed by atoms with E-state index in [-0.39, 0.29) is 46.4 Å². The molecule has 1 amide bonds. The van der Waals surface area contributed by atoms with Crippen LogP contribution in [0.15, 0.2) is 47.4 Å². The Morgan fingerprint density at radius 2 is 1.89 bits per heavy atom. The van der Waals surface area contributed by atoms with Gasteiger partial charge in [0.15, 0.2) is 5.75 Å². The van der Waals surface area contributed by atoms with E-state index in [1.807, 2.05) is 6.92 Å². The van der Waals surface area contributed by atoms with Crippen LogP contribution in [0.4, 0.5) is 5.69 Å². The molecular formula is C26H34ClN3O5S. The number of rotatable bonds is 9. The number of carbonyl (C=O) groups is 1. The lowest BCUT2D eigenvalue weighted by atomic mass is 9.99. The van der Waals surface area contributed by atoms with Gasteiger partial charge in [0, 0.05) is 30.6 Å². The first-order valence-electron chi connectivity index (χ1n) is 12.3. The molecule has 1 heterocycles. The summed E-state index contributed by atoms with van der Waals surface area (Å²) in [5, 5.41) is 10.3. The summed E-state index contributed by atoms with van der Waals surface area (Å²) >= 11 is 5.92. The molecule has 0 saturated heterocycles. The van der Waals surface area contributed by atoms with Crippen molar-refractivity contribution in [1.82, 2.24) is 9.80 Å². The van der Waals surface area contributed by atoms with Crippen LogP contribution in [0.1, 0.15) is 37.0 Å². The van der Waals surface area contributed by atoms with Crippen molar-refractivity contribution in [3.63, 3.8) is 0 Å². The van der Waals surface area contributed by atoms with Gasteiger partial charge in [0.2, 0.25) is 0 Å². The second kappa shape index (κ2) is 11.0. The SMILES string of the molecule is C[C@H]1CN([C@@H](C)CO)C(=O)c2cccc(NS(=O)(=O)c3ccc(Cl)cc3)c2O[C@@H]1CN(C)CC1CC1. The number of nitrogens with zero attached hydrogens (tertiary/aromatic N) is 2. The van der Waals surface area contributed by atoms with E-state index in [0.29, 0.717) is 24.0 Å². The van der Waals surface area contributed by atoms with Crippen LogP contribution in [0.3, 0.4) is 0 Å². The maximum atomic E-state index is 13.6. The molecule has 2 N–H and O–H groups in total. The number of hydrogen-bond acceptors (Lipinski definition) is 6. The predicted octanol–water partition coefficient (Wildman–Crippen LogP) is 3.70. The van der Waals surface area contributed by atoms with Gasteiger partial charge in [-0.25, -0.2) is 8.42 Å². The number of ether oxygens (including phenoxy) is 1. The fourth-order valence-electron chi connectivity index (χ4n) is 4.48. The number of aliphatic hydroxyl groups is 1. The highest BCUT2D eigenvalue weighted by atomic mass is 35.5. The van der Waals surface area contributed by atoms with E-state index in [2.05, 4.69) is 16.7 Å². The number of likely N-dealkylation sites (N-methyl/N-ethyl adjacent to an activating group) is 1. The van der Waals surface area contributed by atoms with E-state index in [1.165, 1.54) is 37.1 Å². The molecule has 8 nitrogen and oxygen atoms in total. The quantitative estimate of drug-likeness (QED) is 0.508. The topological polar surface area (TPSA) is 99.2 Å². The first kappa shape index (κ1) is 26.7. The fourth-order valence-corrected chi connectivity index (χ4v) is 5.67. The lowest BCUT2D eigenvalue weighted by molar-refractivity contribution is 0.0346. The van der Waals surface area contributed by atoms with E-state index in [0.717, 1.165) is 6.54 Å². The van der Waals surface area contributed by atoms with Gasteiger partial charge in [-0.2, -0.15) is 0 Å². The van der Waals surface area contributed by atoms with Gasteiger partial charge in [0.25, 0.3) is 15.9 Å². The largest absolute Gasteiger partial charge is 0.486 e. The molecule has 2 aromatic carbocycles. The van der Waals surface area contributed by atoms with Crippen molar-refractivity contribution in [1.29, 1.82) is 0 Å². The third-order valence-electron chi connectivity index (χ3n) is 6.82. The second-order valence-electron chi connectivity index (χ2n) is 10.0. The van der Waals surface area contributed by atoms with Crippen molar-refractivity contribution in [2.24, 2.45) is 11.8 Å². The van der Waals surface area contributed by atoms with Crippen LogP contribution >= 0.6 is 11.6 Å². The number of aliphatic hydroxyl groups excluding tert-OH is 1. The standard InChI is InChI=1S/C26H34ClN3O5S/c1-17-13-30(18(2)16-31)26(32)22-5-4-6-23(28-36(33,34)21-11-9-20(27)10-12-21)25(22)35-24(17)15-29(3)14-19-7-8-19/h4-6,9-12,17-19,24,28,31H,7-8,13-16H2,1-3H3/t17-,18-,24+/m0/s1. The van der Waals surface area contributed by atoms with Crippen LogP contribution in [0.2, 0.25) is 5.02 Å². The maximum Gasteiger partial charge on any atom is 0.262 e. The van der Waals surface area contributed by atoms with Gasteiger partial charge in [-0.1, -0.05) is 24.6 Å². The molecular weight excluding hydrogens is 502 g/mol. The molecule has 1 aliphatic heterocycles. The summed E-state index contributed by atoms with van der Waals surface area (Å²) in [5.74, 6) is 0.543. The molecule has 0 aromatic heterocycles. The van der Waals surface area contributed by atoms with Crippen molar-refractivity contribution < 1.29 is 23.1 Å². The highest BCUT2D eigenvalue weighted by Crippen LogP contribution is 2.36. The number of benzene rings is 2. The highest BCUT2D eigenvalue weighted by Gasteiger charge is 2.35. The molecule has 2 aliphatic rings. The van der Waals surface area contributed by atoms with Crippen molar-refractivity contribution in [3.05, 3.63) is 53.1 Å². The summed E-state index contributed by atoms with van der Waals surface area (Å²) in [6.07, 6.45) is 2.18. The Labute approximate surface area is 218 Å². The summed E-state index contributed by atoms with van der Waals surface area (Å²) in [6.45, 7) is 5.66. The Bertz CT molecular complexity index is 1190. The smallest absolute Gasteiger partial charge is 0.262 e. The minimum absolute atomic E-state index is 0.0475. The van der Waals surface area contributed by atoms with Crippen LogP contribution in [-0.4, -0.2) is 74.7 Å². The molecule has 1 saturated carbocycles. The number of anilines is 1. The number of fused-ring (bicyclic) bond motifs is 1. The number of halogens is 1. The lowest BCUT2D eigenvalue weighted by Crippen LogP contribution is -2.50. The summed E-state index contributed by atoms with van der Waals surface area (Å²) in [6, 6.07) is 10.3. The van der Waals surface area contributed by atoms with Gasteiger partial charge in [0.05, 0.1) is 28.8 Å². The summed E-state index contributed by atoms with van der Waals surface area (Å²) in [4.78, 5) is 17.5. The zero-order valence-electron chi connectivity index (χ0n) is 20.9. The highest BCUT2D eigenvalue weighted by molar-refractivity contribution is 7.92. The van der Waals surface area contributed by atoms with Crippen LogP contribution in [0.5, 0.6) is 5.75 Å². The second-order valence-corrected chi connectivity index (χ2v) is 12.1. The Morgan fingerprint density at radius 1 is 1.19 bits per heavy atom. The van der Waals surface area contributed by atoms with Gasteiger partial charge in [-0.15, -0.1) is 0 Å². The first-order valence-corrected chi connectivity index (χ1v) is 14.1. The van der Waals surface area contributed by atoms with Gasteiger partial charge in [-0.3, -0.25) is 9.52 Å². The van der Waals surface area contributed by atoms with Gasteiger partial charge in [-0.05, 0) is 69.1 Å². The summed E-state index contributed by atoms with van der Waals surface area (Å²) in [7, 11) is -1.90. The molecule has 2 aromatic rings. The van der Waals surface area contributed by atoms with Gasteiger partial charge < -0.3 is 19.6 Å². The molecule has 0 bridgehead atoms. The van der Waals surface area contributed by atoms with E-state index in [4.69, 9.17) is 16.3 Å². The van der Waals surface area contributed by atoms with E-state index in [1.54, 1.807) is 30.0 Å². The van der Waals surface area contributed by atoms with Gasteiger partial charge in [0.1, 0.15) is 6.10 Å². The van der Waals surface area contributed by atoms with Crippen LogP contribution in [-0.2, 0) is 10.0 Å². The van der Waals surface area contributed by atoms with Crippen LogP contribution in [0, 0.1) is 11.8 Å². The van der Waals surface area contributed by atoms with Crippen molar-refractivity contribution in [3.8, 4) is 5.75 Å². The summed E-state index contributed by atoms with van der Waals surface area (Å²) in [5.41, 5.74) is 0.449. The zero-order valence-corrected chi connectivity index (χ0v) is 22.4. The molecule has 3 atom stereocenters. The van der Waals surface area contributed by atoms with Gasteiger partial charge >= 0.3 is 0 Å². The molecule has 10 heteroatoms. The fraction of sp³-hybridized carbons (Fsp3) is 0.500. The van der Waals surface area contributed by atoms with E-state index in [9.17, 15) is 18.3 Å². The third kappa shape index (κ3) is 6.14. The Balaban J connectivity index is 1.72. The molecule has 196 valence electrons. The minimum atomic E-state index is -3.96. The number of hydrogen-bond donors (Lipinski definition) is 2. The number of para-hydroxylation sites is 1. The average molecular weight is 536 g/mol. The Kier molecular flexibility index (Phi) is 8.14. The molecule has 0 radical (unpaired) electrons. The normalized spacial score (nSPS) is 21.4. The Morgan fingerprint density at radius 3 is 2.53 bits per heavy atom. The molecule has 36 heavy (non-hydrogen) atoms. The van der Waals surface area contributed by atoms with Crippen LogP contribution < -0.4 is 9.46 Å². The maximum absolute atomic E-state index is 13.6. The molecule has 1 aliphatic carbocycles. The number of carbonyl (C=O) groups excluding carboxylic acids is 1. The molecule has 0 spiro atoms. The van der Waals surface area contributed by atoms with E-state index >= 15 is 0 Å². The van der Waals surface area contributed by atoms with Crippen molar-refractivity contribution in [2.75, 3.05) is 38.0 Å². The molecule has 4 rings (SSSR count). The Hall–Kier alpha value is -2.33. The monoisotopic (exact) mass is 535 g/mol. The van der Waals surface area contributed by atoms with Crippen molar-refractivity contribution >= 4 is 33.2 Å². The number of amides is 1. The van der Waals surface area contributed by atoms with Crippen LogP contribution in [0.25, 0.3) is 0 Å². The number of nitrogens with one attached hydrogen (secondary N) is 1. The third-order valence-corrected chi connectivity index (χ3v) is 8.45. The molecule has 1 fully saturated rings.